The Bertz CT molecular complexity index is 245. The van der Waals surface area contributed by atoms with Crippen LogP contribution in [0, 0.1) is 5.92 Å². The summed E-state index contributed by atoms with van der Waals surface area (Å²) in [6, 6.07) is 1.12. The predicted molar refractivity (Wildman–Crippen MR) is 57.5 cm³/mol. The molecule has 86 valence electrons. The Labute approximate surface area is 90.8 Å². The maximum absolute atomic E-state index is 11.9. The highest BCUT2D eigenvalue weighted by Gasteiger charge is 2.42. The van der Waals surface area contributed by atoms with Crippen molar-refractivity contribution in [2.45, 2.75) is 44.3 Å². The van der Waals surface area contributed by atoms with Gasteiger partial charge in [-0.1, -0.05) is 0 Å². The number of methoxy groups -OCH3 is 1. The molecule has 4 unspecified atom stereocenters. The average molecular weight is 212 g/mol. The van der Waals surface area contributed by atoms with Gasteiger partial charge in [-0.2, -0.15) is 0 Å². The molecule has 0 spiro atoms. The zero-order chi connectivity index (χ0) is 10.8. The summed E-state index contributed by atoms with van der Waals surface area (Å²) >= 11 is 0. The Hall–Kier alpha value is -0.610. The predicted octanol–water partition coefficient (Wildman–Crippen LogP) is 0.278. The van der Waals surface area contributed by atoms with Crippen molar-refractivity contribution in [1.82, 2.24) is 10.6 Å². The van der Waals surface area contributed by atoms with Gasteiger partial charge in [-0.15, -0.1) is 0 Å². The fourth-order valence-corrected chi connectivity index (χ4v) is 2.76. The highest BCUT2D eigenvalue weighted by atomic mass is 16.5. The standard InChI is InChI=1S/C11H20N2O2/c1-7(6-15-2)12-11(14)9-5-8-3-4-10(9)13-8/h7-10,13H,3-6H2,1-2H3,(H,12,14). The van der Waals surface area contributed by atoms with Crippen molar-refractivity contribution in [3.05, 3.63) is 0 Å². The minimum absolute atomic E-state index is 0.113. The van der Waals surface area contributed by atoms with E-state index in [-0.39, 0.29) is 17.9 Å². The Kier molecular flexibility index (Phi) is 3.26. The average Bonchev–Trinajstić information content (AvgIpc) is 2.78. The van der Waals surface area contributed by atoms with Crippen molar-refractivity contribution in [2.75, 3.05) is 13.7 Å². The molecule has 0 aromatic heterocycles. The van der Waals surface area contributed by atoms with Crippen molar-refractivity contribution in [3.8, 4) is 0 Å². The molecule has 2 aliphatic rings. The minimum Gasteiger partial charge on any atom is -0.383 e. The number of nitrogens with one attached hydrogen (secondary N) is 2. The molecule has 1 amide bonds. The number of hydrogen-bond acceptors (Lipinski definition) is 3. The van der Waals surface area contributed by atoms with E-state index in [0.717, 1.165) is 12.8 Å². The molecule has 2 fully saturated rings. The molecule has 0 aromatic carbocycles. The highest BCUT2D eigenvalue weighted by Crippen LogP contribution is 2.33. The lowest BCUT2D eigenvalue weighted by molar-refractivity contribution is -0.126. The molecule has 4 heteroatoms. The third-order valence-electron chi connectivity index (χ3n) is 3.44. The monoisotopic (exact) mass is 212 g/mol. The van der Waals surface area contributed by atoms with Crippen LogP contribution in [0.4, 0.5) is 0 Å². The maximum Gasteiger partial charge on any atom is 0.225 e. The fraction of sp³-hybridized carbons (Fsp3) is 0.909. The van der Waals surface area contributed by atoms with Gasteiger partial charge in [-0.3, -0.25) is 4.79 Å². The fourth-order valence-electron chi connectivity index (χ4n) is 2.76. The van der Waals surface area contributed by atoms with Crippen LogP contribution in [0.2, 0.25) is 0 Å². The van der Waals surface area contributed by atoms with Gasteiger partial charge in [0.15, 0.2) is 0 Å². The van der Waals surface area contributed by atoms with Crippen LogP contribution in [0.15, 0.2) is 0 Å². The molecule has 2 saturated heterocycles. The summed E-state index contributed by atoms with van der Waals surface area (Å²) in [5, 5.41) is 6.48. The largest absolute Gasteiger partial charge is 0.383 e. The molecule has 0 aromatic rings. The zero-order valence-corrected chi connectivity index (χ0v) is 9.45. The minimum atomic E-state index is 0.113. The van der Waals surface area contributed by atoms with Crippen LogP contribution in [0.1, 0.15) is 26.2 Å². The molecule has 4 nitrogen and oxygen atoms in total. The Morgan fingerprint density at radius 1 is 1.60 bits per heavy atom. The van der Waals surface area contributed by atoms with E-state index in [1.165, 1.54) is 6.42 Å². The first kappa shape index (κ1) is 10.9. The number of hydrogen-bond donors (Lipinski definition) is 2. The van der Waals surface area contributed by atoms with Gasteiger partial charge in [0.05, 0.1) is 12.5 Å². The molecule has 4 atom stereocenters. The summed E-state index contributed by atoms with van der Waals surface area (Å²) in [6.07, 6.45) is 3.40. The van der Waals surface area contributed by atoms with Crippen LogP contribution in [-0.2, 0) is 9.53 Å². The van der Waals surface area contributed by atoms with Crippen molar-refractivity contribution in [1.29, 1.82) is 0 Å². The van der Waals surface area contributed by atoms with Crippen LogP contribution < -0.4 is 10.6 Å². The van der Waals surface area contributed by atoms with E-state index in [9.17, 15) is 4.79 Å². The molecule has 2 N–H and O–H groups in total. The summed E-state index contributed by atoms with van der Waals surface area (Å²) in [5.74, 6) is 0.377. The molecule has 0 aliphatic carbocycles. The van der Waals surface area contributed by atoms with Crippen LogP contribution in [-0.4, -0.2) is 37.7 Å². The number of carbonyl (C=O) groups excluding carboxylic acids is 1. The normalized spacial score (nSPS) is 35.5. The first-order valence-corrected chi connectivity index (χ1v) is 5.76. The summed E-state index contributed by atoms with van der Waals surface area (Å²) in [7, 11) is 1.65. The lowest BCUT2D eigenvalue weighted by Crippen LogP contribution is -2.43. The topological polar surface area (TPSA) is 50.4 Å². The third-order valence-corrected chi connectivity index (χ3v) is 3.44. The first-order chi connectivity index (χ1) is 7.20. The van der Waals surface area contributed by atoms with Gasteiger partial charge in [0.25, 0.3) is 0 Å². The Balaban J connectivity index is 1.81. The second-order valence-electron chi connectivity index (χ2n) is 4.75. The van der Waals surface area contributed by atoms with Gasteiger partial charge in [-0.05, 0) is 26.2 Å². The van der Waals surface area contributed by atoms with Crippen molar-refractivity contribution >= 4 is 5.91 Å². The number of ether oxygens (including phenoxy) is 1. The maximum atomic E-state index is 11.9. The van der Waals surface area contributed by atoms with E-state index in [4.69, 9.17) is 4.74 Å². The molecule has 2 bridgehead atoms. The van der Waals surface area contributed by atoms with E-state index in [2.05, 4.69) is 10.6 Å². The highest BCUT2D eigenvalue weighted by molar-refractivity contribution is 5.80. The summed E-state index contributed by atoms with van der Waals surface area (Å²) in [5.41, 5.74) is 0. The van der Waals surface area contributed by atoms with Crippen LogP contribution in [0.25, 0.3) is 0 Å². The van der Waals surface area contributed by atoms with Crippen LogP contribution in [0.3, 0.4) is 0 Å². The van der Waals surface area contributed by atoms with Gasteiger partial charge in [0.2, 0.25) is 5.91 Å². The first-order valence-electron chi connectivity index (χ1n) is 5.76. The molecule has 2 heterocycles. The SMILES string of the molecule is COCC(C)NC(=O)C1CC2CCC1N2. The summed E-state index contributed by atoms with van der Waals surface area (Å²) in [6.45, 7) is 2.56. The van der Waals surface area contributed by atoms with E-state index in [0.29, 0.717) is 18.7 Å². The molecule has 2 aliphatic heterocycles. The number of amides is 1. The Morgan fingerprint density at radius 3 is 2.93 bits per heavy atom. The molecular weight excluding hydrogens is 192 g/mol. The summed E-state index contributed by atoms with van der Waals surface area (Å²) in [4.78, 5) is 11.9. The van der Waals surface area contributed by atoms with E-state index in [1.807, 2.05) is 6.92 Å². The van der Waals surface area contributed by atoms with Crippen LogP contribution >= 0.6 is 0 Å². The number of rotatable bonds is 4. The van der Waals surface area contributed by atoms with Crippen molar-refractivity contribution < 1.29 is 9.53 Å². The quantitative estimate of drug-likeness (QED) is 0.703. The number of fused-ring (bicyclic) bond motifs is 2. The van der Waals surface area contributed by atoms with Crippen molar-refractivity contribution in [3.63, 3.8) is 0 Å². The molecule has 0 saturated carbocycles. The van der Waals surface area contributed by atoms with Crippen LogP contribution in [0.5, 0.6) is 0 Å². The van der Waals surface area contributed by atoms with Gasteiger partial charge < -0.3 is 15.4 Å². The van der Waals surface area contributed by atoms with Gasteiger partial charge in [0.1, 0.15) is 0 Å². The smallest absolute Gasteiger partial charge is 0.225 e. The molecular formula is C11H20N2O2. The van der Waals surface area contributed by atoms with E-state index < -0.39 is 0 Å². The van der Waals surface area contributed by atoms with Gasteiger partial charge in [0, 0.05) is 25.2 Å². The lowest BCUT2D eigenvalue weighted by atomic mass is 9.88. The van der Waals surface area contributed by atoms with Gasteiger partial charge >= 0.3 is 0 Å². The number of carbonyl (C=O) groups is 1. The molecule has 15 heavy (non-hydrogen) atoms. The van der Waals surface area contributed by atoms with E-state index >= 15 is 0 Å². The second kappa shape index (κ2) is 4.49. The van der Waals surface area contributed by atoms with Crippen molar-refractivity contribution in [2.24, 2.45) is 5.92 Å². The Morgan fingerprint density at radius 2 is 2.40 bits per heavy atom. The zero-order valence-electron chi connectivity index (χ0n) is 9.45. The third kappa shape index (κ3) is 2.32. The lowest BCUT2D eigenvalue weighted by Gasteiger charge is -2.21. The van der Waals surface area contributed by atoms with E-state index in [1.54, 1.807) is 7.11 Å². The summed E-state index contributed by atoms with van der Waals surface area (Å²) < 4.78 is 5.00. The molecule has 0 radical (unpaired) electrons. The molecule has 2 rings (SSSR count). The van der Waals surface area contributed by atoms with Gasteiger partial charge in [-0.25, -0.2) is 0 Å². The second-order valence-corrected chi connectivity index (χ2v) is 4.75.